The van der Waals surface area contributed by atoms with E-state index in [1.807, 2.05) is 37.5 Å². The summed E-state index contributed by atoms with van der Waals surface area (Å²) in [6.07, 6.45) is 0. The van der Waals surface area contributed by atoms with E-state index in [1.54, 1.807) is 18.2 Å². The van der Waals surface area contributed by atoms with E-state index in [-0.39, 0.29) is 4.90 Å². The Labute approximate surface area is 119 Å². The first kappa shape index (κ1) is 15.0. The highest BCUT2D eigenvalue weighted by Crippen LogP contribution is 2.19. The summed E-state index contributed by atoms with van der Waals surface area (Å²) in [5.41, 5.74) is 1.62. The number of nitrogens with zero attached hydrogens (tertiary/aromatic N) is 3. The third kappa shape index (κ3) is 3.00. The van der Waals surface area contributed by atoms with Crippen LogP contribution in [0.15, 0.2) is 23.1 Å². The fourth-order valence-electron chi connectivity index (χ4n) is 1.95. The number of sulfonamides is 1. The first-order chi connectivity index (χ1) is 9.31. The lowest BCUT2D eigenvalue weighted by molar-refractivity contribution is 0.412. The molecule has 0 aliphatic heterocycles. The molecule has 0 unspecified atom stereocenters. The topological polar surface area (TPSA) is 67.2 Å². The van der Waals surface area contributed by atoms with E-state index in [0.29, 0.717) is 18.6 Å². The third-order valence-electron chi connectivity index (χ3n) is 3.24. The second kappa shape index (κ2) is 5.51. The van der Waals surface area contributed by atoms with Crippen molar-refractivity contribution in [1.82, 2.24) is 19.2 Å². The maximum atomic E-state index is 12.2. The molecule has 7 heteroatoms. The first-order valence-electron chi connectivity index (χ1n) is 6.39. The van der Waals surface area contributed by atoms with Gasteiger partial charge in [-0.15, -0.1) is 0 Å². The summed E-state index contributed by atoms with van der Waals surface area (Å²) in [4.78, 5) is 6.53. The molecule has 0 spiro atoms. The van der Waals surface area contributed by atoms with Gasteiger partial charge in [-0.25, -0.2) is 18.1 Å². The van der Waals surface area contributed by atoms with E-state index in [1.165, 1.54) is 0 Å². The highest BCUT2D eigenvalue weighted by Gasteiger charge is 2.15. The van der Waals surface area contributed by atoms with Gasteiger partial charge in [-0.05, 0) is 39.2 Å². The molecule has 0 radical (unpaired) electrons. The Morgan fingerprint density at radius 3 is 2.70 bits per heavy atom. The summed E-state index contributed by atoms with van der Waals surface area (Å²) in [6.45, 7) is 2.93. The molecule has 0 aliphatic rings. The van der Waals surface area contributed by atoms with Gasteiger partial charge in [0.1, 0.15) is 5.82 Å². The largest absolute Gasteiger partial charge is 0.331 e. The van der Waals surface area contributed by atoms with Crippen LogP contribution < -0.4 is 4.72 Å². The van der Waals surface area contributed by atoms with Crippen LogP contribution in [0.3, 0.4) is 0 Å². The Bertz CT molecular complexity index is 719. The molecule has 1 N–H and O–H groups in total. The van der Waals surface area contributed by atoms with Crippen molar-refractivity contribution in [2.75, 3.05) is 27.2 Å². The Hall–Kier alpha value is -1.44. The zero-order valence-corrected chi connectivity index (χ0v) is 13.0. The van der Waals surface area contributed by atoms with Gasteiger partial charge in [0.2, 0.25) is 10.0 Å². The molecule has 0 amide bonds. The van der Waals surface area contributed by atoms with Gasteiger partial charge in [-0.3, -0.25) is 0 Å². The van der Waals surface area contributed by atoms with Crippen molar-refractivity contribution in [3.05, 3.63) is 24.0 Å². The van der Waals surface area contributed by atoms with Gasteiger partial charge >= 0.3 is 0 Å². The van der Waals surface area contributed by atoms with Crippen LogP contribution in [0.2, 0.25) is 0 Å². The molecule has 6 nitrogen and oxygen atoms in total. The van der Waals surface area contributed by atoms with E-state index in [0.717, 1.165) is 11.3 Å². The molecule has 0 fully saturated rings. The molecule has 0 saturated heterocycles. The Morgan fingerprint density at radius 1 is 1.35 bits per heavy atom. The lowest BCUT2D eigenvalue weighted by Crippen LogP contribution is -2.31. The van der Waals surface area contributed by atoms with Crippen molar-refractivity contribution in [1.29, 1.82) is 0 Å². The first-order valence-corrected chi connectivity index (χ1v) is 7.87. The number of aromatic nitrogens is 2. The molecule has 0 saturated carbocycles. The van der Waals surface area contributed by atoms with Crippen molar-refractivity contribution in [2.24, 2.45) is 7.05 Å². The van der Waals surface area contributed by atoms with Crippen molar-refractivity contribution < 1.29 is 8.42 Å². The van der Waals surface area contributed by atoms with Crippen molar-refractivity contribution in [2.45, 2.75) is 11.8 Å². The van der Waals surface area contributed by atoms with Gasteiger partial charge in [0.15, 0.2) is 0 Å². The predicted molar refractivity (Wildman–Crippen MR) is 79.2 cm³/mol. The number of nitrogens with one attached hydrogen (secondary N) is 1. The summed E-state index contributed by atoms with van der Waals surface area (Å²) >= 11 is 0. The minimum Gasteiger partial charge on any atom is -0.331 e. The van der Waals surface area contributed by atoms with Crippen molar-refractivity contribution in [3.63, 3.8) is 0 Å². The fourth-order valence-corrected chi connectivity index (χ4v) is 2.99. The van der Waals surface area contributed by atoms with Crippen LogP contribution in [0, 0.1) is 6.92 Å². The third-order valence-corrected chi connectivity index (χ3v) is 4.70. The summed E-state index contributed by atoms with van der Waals surface area (Å²) < 4.78 is 28.9. The average molecular weight is 296 g/mol. The second-order valence-corrected chi connectivity index (χ2v) is 6.84. The zero-order chi connectivity index (χ0) is 14.9. The smallest absolute Gasteiger partial charge is 0.240 e. The minimum absolute atomic E-state index is 0.252. The van der Waals surface area contributed by atoms with Crippen LogP contribution in [0.25, 0.3) is 11.0 Å². The molecule has 1 aromatic carbocycles. The Kier molecular flexibility index (Phi) is 4.12. The molecule has 0 aliphatic carbocycles. The standard InChI is InChI=1S/C13H20N4O2S/c1-10-15-12-9-11(5-6-13(12)17(10)4)20(18,19)14-7-8-16(2)3/h5-6,9,14H,7-8H2,1-4H3. The van der Waals surface area contributed by atoms with Gasteiger partial charge < -0.3 is 9.47 Å². The van der Waals surface area contributed by atoms with E-state index >= 15 is 0 Å². The van der Waals surface area contributed by atoms with Gasteiger partial charge in [0.05, 0.1) is 15.9 Å². The molecule has 1 aromatic heterocycles. The van der Waals surface area contributed by atoms with Gasteiger partial charge in [-0.2, -0.15) is 0 Å². The maximum Gasteiger partial charge on any atom is 0.240 e. The van der Waals surface area contributed by atoms with Crippen LogP contribution >= 0.6 is 0 Å². The van der Waals surface area contributed by atoms with Crippen molar-refractivity contribution >= 4 is 21.1 Å². The quantitative estimate of drug-likeness (QED) is 0.883. The molecule has 0 atom stereocenters. The lowest BCUT2D eigenvalue weighted by atomic mass is 10.3. The SMILES string of the molecule is Cc1nc2cc(S(=O)(=O)NCCN(C)C)ccc2n1C. The van der Waals surface area contributed by atoms with Gasteiger partial charge in [-0.1, -0.05) is 0 Å². The molecular weight excluding hydrogens is 276 g/mol. The van der Waals surface area contributed by atoms with E-state index in [2.05, 4.69) is 9.71 Å². The molecule has 20 heavy (non-hydrogen) atoms. The Morgan fingerprint density at radius 2 is 2.05 bits per heavy atom. The molecule has 0 bridgehead atoms. The van der Waals surface area contributed by atoms with Crippen LogP contribution in [-0.4, -0.2) is 50.1 Å². The van der Waals surface area contributed by atoms with Crippen molar-refractivity contribution in [3.8, 4) is 0 Å². The highest BCUT2D eigenvalue weighted by atomic mass is 32.2. The summed E-state index contributed by atoms with van der Waals surface area (Å²) in [5.74, 6) is 0.857. The van der Waals surface area contributed by atoms with E-state index < -0.39 is 10.0 Å². The van der Waals surface area contributed by atoms with Crippen LogP contribution in [0.5, 0.6) is 0 Å². The fraction of sp³-hybridized carbons (Fsp3) is 0.462. The molecule has 2 aromatic rings. The van der Waals surface area contributed by atoms with Crippen LogP contribution in [0.1, 0.15) is 5.82 Å². The van der Waals surface area contributed by atoms with Crippen LogP contribution in [-0.2, 0) is 17.1 Å². The van der Waals surface area contributed by atoms with Crippen LogP contribution in [0.4, 0.5) is 0 Å². The molecular formula is C13H20N4O2S. The van der Waals surface area contributed by atoms with Gasteiger partial charge in [0.25, 0.3) is 0 Å². The van der Waals surface area contributed by atoms with E-state index in [4.69, 9.17) is 0 Å². The maximum absolute atomic E-state index is 12.2. The molecule has 2 rings (SSSR count). The second-order valence-electron chi connectivity index (χ2n) is 5.07. The number of hydrogen-bond acceptors (Lipinski definition) is 4. The monoisotopic (exact) mass is 296 g/mol. The molecule has 110 valence electrons. The predicted octanol–water partition coefficient (Wildman–Crippen LogP) is 0.722. The summed E-state index contributed by atoms with van der Waals surface area (Å²) in [5, 5.41) is 0. The summed E-state index contributed by atoms with van der Waals surface area (Å²) in [7, 11) is 2.23. The highest BCUT2D eigenvalue weighted by molar-refractivity contribution is 7.89. The Balaban J connectivity index is 2.28. The number of rotatable bonds is 5. The average Bonchev–Trinajstić information content (AvgIpc) is 2.64. The van der Waals surface area contributed by atoms with E-state index in [9.17, 15) is 8.42 Å². The number of likely N-dealkylation sites (N-methyl/N-ethyl adjacent to an activating group) is 1. The van der Waals surface area contributed by atoms with Gasteiger partial charge in [0, 0.05) is 20.1 Å². The summed E-state index contributed by atoms with van der Waals surface area (Å²) in [6, 6.07) is 5.01. The minimum atomic E-state index is -3.48. The number of benzene rings is 1. The lowest BCUT2D eigenvalue weighted by Gasteiger charge is -2.11. The number of aryl methyl sites for hydroxylation is 2. The zero-order valence-electron chi connectivity index (χ0n) is 12.2. The number of fused-ring (bicyclic) bond motifs is 1. The number of imidazole rings is 1. The molecule has 1 heterocycles. The number of hydrogen-bond donors (Lipinski definition) is 1. The normalized spacial score (nSPS) is 12.4.